The lowest BCUT2D eigenvalue weighted by molar-refractivity contribution is -0.145. The Bertz CT molecular complexity index is 720. The molecule has 0 amide bonds. The van der Waals surface area contributed by atoms with Gasteiger partial charge in [0, 0.05) is 0 Å². The van der Waals surface area contributed by atoms with Gasteiger partial charge in [-0.05, 0) is 30.7 Å². The monoisotopic (exact) mass is 312 g/mol. The molecule has 0 aromatic heterocycles. The zero-order chi connectivity index (χ0) is 16.2. The Morgan fingerprint density at radius 1 is 1.38 bits per heavy atom. The van der Waals surface area contributed by atoms with E-state index in [-0.39, 0.29) is 10.5 Å². The number of hydrogen-bond donors (Lipinski definition) is 3. The summed E-state index contributed by atoms with van der Waals surface area (Å²) < 4.78 is 25.9. The Kier molecular flexibility index (Phi) is 5.02. The molecule has 1 aromatic carbocycles. The quantitative estimate of drug-likeness (QED) is 0.674. The molecule has 0 bridgehead atoms. The van der Waals surface area contributed by atoms with Gasteiger partial charge in [0.05, 0.1) is 22.9 Å². The van der Waals surface area contributed by atoms with Crippen molar-refractivity contribution in [3.63, 3.8) is 0 Å². The zero-order valence-corrected chi connectivity index (χ0v) is 11.7. The Morgan fingerprint density at radius 2 is 2.00 bits per heavy atom. The molecule has 0 saturated carbocycles. The number of sulfonamides is 1. The van der Waals surface area contributed by atoms with Crippen molar-refractivity contribution >= 4 is 22.0 Å². The topological polar surface area (TPSA) is 145 Å². The highest BCUT2D eigenvalue weighted by Gasteiger charge is 2.27. The minimum absolute atomic E-state index is 0.240. The number of rotatable bonds is 6. The fraction of sp³-hybridized carbons (Fsp3) is 0.250. The van der Waals surface area contributed by atoms with E-state index in [1.165, 1.54) is 19.1 Å². The summed E-state index contributed by atoms with van der Waals surface area (Å²) in [5.41, 5.74) is 0.694. The minimum atomic E-state index is -4.20. The molecule has 8 nitrogen and oxygen atoms in total. The fourth-order valence-electron chi connectivity index (χ4n) is 1.54. The van der Waals surface area contributed by atoms with Crippen LogP contribution in [0.2, 0.25) is 0 Å². The van der Waals surface area contributed by atoms with Crippen molar-refractivity contribution in [2.75, 3.05) is 0 Å². The summed E-state index contributed by atoms with van der Waals surface area (Å²) in [4.78, 5) is 21.2. The van der Waals surface area contributed by atoms with Crippen LogP contribution in [-0.2, 0) is 19.6 Å². The van der Waals surface area contributed by atoms with E-state index in [0.29, 0.717) is 5.56 Å². The summed E-state index contributed by atoms with van der Waals surface area (Å²) in [6.07, 6.45) is -0.885. The lowest BCUT2D eigenvalue weighted by Crippen LogP contribution is -2.42. The van der Waals surface area contributed by atoms with Crippen molar-refractivity contribution in [3.05, 3.63) is 29.3 Å². The maximum atomic E-state index is 12.0. The molecule has 0 fully saturated rings. The van der Waals surface area contributed by atoms with Crippen LogP contribution in [-0.4, -0.2) is 36.6 Å². The predicted octanol–water partition coefficient (Wildman–Crippen LogP) is 0.0729. The molecule has 0 aliphatic rings. The highest BCUT2D eigenvalue weighted by molar-refractivity contribution is 7.89. The molecular formula is C12H12N2O6S. The molecule has 0 spiro atoms. The molecule has 1 aromatic rings. The normalized spacial score (nSPS) is 12.4. The second-order valence-corrected chi connectivity index (χ2v) is 5.91. The third-order valence-corrected chi connectivity index (χ3v) is 4.07. The van der Waals surface area contributed by atoms with E-state index < -0.39 is 34.4 Å². The Balaban J connectivity index is 3.10. The Hall–Kier alpha value is -2.44. The molecule has 21 heavy (non-hydrogen) atoms. The second-order valence-electron chi connectivity index (χ2n) is 4.20. The van der Waals surface area contributed by atoms with E-state index in [1.807, 2.05) is 10.8 Å². The van der Waals surface area contributed by atoms with Crippen LogP contribution < -0.4 is 4.72 Å². The number of nitrogens with one attached hydrogen (secondary N) is 1. The summed E-state index contributed by atoms with van der Waals surface area (Å²) >= 11 is 0. The summed E-state index contributed by atoms with van der Waals surface area (Å²) in [6.45, 7) is 1.53. The number of aliphatic carboxylic acids is 2. The van der Waals surface area contributed by atoms with Crippen molar-refractivity contribution in [3.8, 4) is 6.07 Å². The van der Waals surface area contributed by atoms with Gasteiger partial charge in [-0.15, -0.1) is 0 Å². The molecule has 0 saturated heterocycles. The Morgan fingerprint density at radius 3 is 2.43 bits per heavy atom. The van der Waals surface area contributed by atoms with Crippen molar-refractivity contribution in [2.45, 2.75) is 24.3 Å². The van der Waals surface area contributed by atoms with E-state index in [9.17, 15) is 18.0 Å². The smallest absolute Gasteiger partial charge is 0.322 e. The molecule has 0 heterocycles. The van der Waals surface area contributed by atoms with Crippen molar-refractivity contribution in [1.82, 2.24) is 4.72 Å². The first-order chi connectivity index (χ1) is 9.67. The third kappa shape index (κ3) is 4.27. The first-order valence-electron chi connectivity index (χ1n) is 5.65. The third-order valence-electron chi connectivity index (χ3n) is 2.60. The van der Waals surface area contributed by atoms with Gasteiger partial charge in [-0.1, -0.05) is 0 Å². The van der Waals surface area contributed by atoms with Gasteiger partial charge in [-0.3, -0.25) is 9.59 Å². The van der Waals surface area contributed by atoms with Gasteiger partial charge < -0.3 is 10.2 Å². The highest BCUT2D eigenvalue weighted by Crippen LogP contribution is 2.15. The summed E-state index contributed by atoms with van der Waals surface area (Å²) in [7, 11) is -4.20. The first kappa shape index (κ1) is 16.6. The second kappa shape index (κ2) is 6.34. The average Bonchev–Trinajstić information content (AvgIpc) is 2.36. The van der Waals surface area contributed by atoms with E-state index in [0.717, 1.165) is 6.07 Å². The predicted molar refractivity (Wildman–Crippen MR) is 69.9 cm³/mol. The maximum absolute atomic E-state index is 12.0. The molecule has 112 valence electrons. The fourth-order valence-corrected chi connectivity index (χ4v) is 2.81. The molecule has 1 atom stereocenters. The van der Waals surface area contributed by atoms with Crippen LogP contribution in [0.4, 0.5) is 0 Å². The van der Waals surface area contributed by atoms with E-state index in [2.05, 4.69) is 0 Å². The summed E-state index contributed by atoms with van der Waals surface area (Å²) in [5, 5.41) is 26.2. The van der Waals surface area contributed by atoms with Gasteiger partial charge in [0.25, 0.3) is 0 Å². The van der Waals surface area contributed by atoms with Crippen LogP contribution in [0.5, 0.6) is 0 Å². The van der Waals surface area contributed by atoms with Crippen molar-refractivity contribution < 1.29 is 28.2 Å². The zero-order valence-electron chi connectivity index (χ0n) is 10.9. The standard InChI is InChI=1S/C12H12N2O6S/c1-7-4-9(3-2-8(7)6-13)21(19,20)14-10(12(17)18)5-11(15)16/h2-4,10,14H,5H2,1H3,(H,15,16)(H,17,18). The molecule has 0 aliphatic heterocycles. The number of carboxylic acid groups (broad SMARTS) is 2. The van der Waals surface area contributed by atoms with Crippen LogP contribution in [0.15, 0.2) is 23.1 Å². The van der Waals surface area contributed by atoms with E-state index in [1.54, 1.807) is 0 Å². The van der Waals surface area contributed by atoms with Gasteiger partial charge in [-0.25, -0.2) is 8.42 Å². The number of nitrogens with zero attached hydrogens (tertiary/aromatic N) is 1. The molecule has 9 heteroatoms. The molecule has 0 aliphatic carbocycles. The number of aryl methyl sites for hydroxylation is 1. The lowest BCUT2D eigenvalue weighted by Gasteiger charge is -2.13. The number of benzene rings is 1. The van der Waals surface area contributed by atoms with Crippen molar-refractivity contribution in [1.29, 1.82) is 5.26 Å². The first-order valence-corrected chi connectivity index (χ1v) is 7.13. The van der Waals surface area contributed by atoms with Crippen LogP contribution in [0.25, 0.3) is 0 Å². The van der Waals surface area contributed by atoms with Crippen LogP contribution in [0.3, 0.4) is 0 Å². The molecule has 1 rings (SSSR count). The molecule has 1 unspecified atom stereocenters. The number of hydrogen-bond acceptors (Lipinski definition) is 5. The van der Waals surface area contributed by atoms with E-state index >= 15 is 0 Å². The van der Waals surface area contributed by atoms with Gasteiger partial charge in [0.1, 0.15) is 6.04 Å². The van der Waals surface area contributed by atoms with Crippen LogP contribution in [0.1, 0.15) is 17.5 Å². The summed E-state index contributed by atoms with van der Waals surface area (Å²) in [6, 6.07) is 3.74. The summed E-state index contributed by atoms with van der Waals surface area (Å²) in [5.74, 6) is -3.03. The Labute approximate surface area is 120 Å². The van der Waals surface area contributed by atoms with Gasteiger partial charge in [-0.2, -0.15) is 9.98 Å². The average molecular weight is 312 g/mol. The van der Waals surface area contributed by atoms with Gasteiger partial charge >= 0.3 is 11.9 Å². The SMILES string of the molecule is Cc1cc(S(=O)(=O)NC(CC(=O)O)C(=O)O)ccc1C#N. The lowest BCUT2D eigenvalue weighted by atomic mass is 10.1. The molecule has 3 N–H and O–H groups in total. The maximum Gasteiger partial charge on any atom is 0.322 e. The van der Waals surface area contributed by atoms with Gasteiger partial charge in [0.15, 0.2) is 0 Å². The highest BCUT2D eigenvalue weighted by atomic mass is 32.2. The number of nitriles is 1. The van der Waals surface area contributed by atoms with Gasteiger partial charge in [0.2, 0.25) is 10.0 Å². The van der Waals surface area contributed by atoms with Crippen LogP contribution in [0, 0.1) is 18.3 Å². The minimum Gasteiger partial charge on any atom is -0.481 e. The largest absolute Gasteiger partial charge is 0.481 e. The molecular weight excluding hydrogens is 300 g/mol. The van der Waals surface area contributed by atoms with Crippen LogP contribution >= 0.6 is 0 Å². The number of carboxylic acids is 2. The van der Waals surface area contributed by atoms with E-state index in [4.69, 9.17) is 15.5 Å². The van der Waals surface area contributed by atoms with Crippen molar-refractivity contribution in [2.24, 2.45) is 0 Å². The number of carbonyl (C=O) groups is 2. The molecule has 0 radical (unpaired) electrons.